The zero-order valence-electron chi connectivity index (χ0n) is 15.3. The van der Waals surface area contributed by atoms with Gasteiger partial charge in [-0.15, -0.1) is 0 Å². The number of rotatable bonds is 3. The Morgan fingerprint density at radius 2 is 1.77 bits per heavy atom. The van der Waals surface area contributed by atoms with Crippen LogP contribution in [0.5, 0.6) is 5.75 Å². The summed E-state index contributed by atoms with van der Waals surface area (Å²) in [5.74, 6) is -2.74. The Bertz CT molecular complexity index is 1090. The summed E-state index contributed by atoms with van der Waals surface area (Å²) < 4.78 is 44.0. The molecule has 1 aliphatic rings. The maximum Gasteiger partial charge on any atom is 0.416 e. The lowest BCUT2D eigenvalue weighted by molar-refractivity contribution is -0.137. The minimum atomic E-state index is -4.69. The molecule has 1 aliphatic heterocycles. The number of benzene rings is 2. The minimum absolute atomic E-state index is 0.0561. The van der Waals surface area contributed by atoms with E-state index in [4.69, 9.17) is 4.74 Å². The van der Waals surface area contributed by atoms with Crippen molar-refractivity contribution in [2.24, 2.45) is 0 Å². The topological polar surface area (TPSA) is 92.8 Å². The van der Waals surface area contributed by atoms with E-state index in [1.807, 2.05) is 5.32 Å². The van der Waals surface area contributed by atoms with Crippen molar-refractivity contribution in [2.45, 2.75) is 13.1 Å². The highest BCUT2D eigenvalue weighted by molar-refractivity contribution is 6.39. The SMILES string of the molecule is CC(=O)Oc1ccccc1C=C1C(=O)NC(=O)N(c2cccc(C(F)(F)F)c2)C1=O. The third kappa shape index (κ3) is 4.22. The van der Waals surface area contributed by atoms with E-state index in [-0.39, 0.29) is 17.0 Å². The average molecular weight is 418 g/mol. The van der Waals surface area contributed by atoms with Crippen molar-refractivity contribution < 1.29 is 37.1 Å². The fourth-order valence-corrected chi connectivity index (χ4v) is 2.72. The Morgan fingerprint density at radius 3 is 2.43 bits per heavy atom. The summed E-state index contributed by atoms with van der Waals surface area (Å²) in [5.41, 5.74) is -1.77. The lowest BCUT2D eigenvalue weighted by atomic mass is 10.1. The van der Waals surface area contributed by atoms with Crippen molar-refractivity contribution in [3.63, 3.8) is 0 Å². The van der Waals surface area contributed by atoms with E-state index < -0.39 is 41.1 Å². The van der Waals surface area contributed by atoms with Crippen LogP contribution < -0.4 is 15.0 Å². The molecule has 154 valence electrons. The van der Waals surface area contributed by atoms with Crippen molar-refractivity contribution in [3.05, 3.63) is 65.2 Å². The van der Waals surface area contributed by atoms with Crippen LogP contribution >= 0.6 is 0 Å². The first-order valence-corrected chi connectivity index (χ1v) is 8.44. The Kier molecular flexibility index (Phi) is 5.41. The van der Waals surface area contributed by atoms with Crippen LogP contribution in [-0.4, -0.2) is 23.8 Å². The summed E-state index contributed by atoms with van der Waals surface area (Å²) in [5, 5.41) is 1.92. The first-order chi connectivity index (χ1) is 14.1. The number of nitrogens with zero attached hydrogens (tertiary/aromatic N) is 1. The first kappa shape index (κ1) is 20.8. The van der Waals surface area contributed by atoms with Gasteiger partial charge in [-0.05, 0) is 30.3 Å². The van der Waals surface area contributed by atoms with Crippen molar-refractivity contribution in [2.75, 3.05) is 4.90 Å². The Hall–Kier alpha value is -3.95. The van der Waals surface area contributed by atoms with E-state index in [9.17, 15) is 32.3 Å². The van der Waals surface area contributed by atoms with Gasteiger partial charge in [-0.3, -0.25) is 19.7 Å². The zero-order chi connectivity index (χ0) is 22.1. The number of para-hydroxylation sites is 1. The molecule has 0 unspecified atom stereocenters. The molecule has 4 amide bonds. The molecule has 10 heteroatoms. The number of nitrogens with one attached hydrogen (secondary N) is 1. The van der Waals surface area contributed by atoms with Crippen molar-refractivity contribution in [1.29, 1.82) is 0 Å². The van der Waals surface area contributed by atoms with Crippen LogP contribution in [0.1, 0.15) is 18.1 Å². The molecule has 7 nitrogen and oxygen atoms in total. The molecule has 30 heavy (non-hydrogen) atoms. The van der Waals surface area contributed by atoms with Gasteiger partial charge in [0.2, 0.25) is 0 Å². The van der Waals surface area contributed by atoms with E-state index in [1.54, 1.807) is 12.1 Å². The fourth-order valence-electron chi connectivity index (χ4n) is 2.72. The summed E-state index contributed by atoms with van der Waals surface area (Å²) in [7, 11) is 0. The molecule has 1 heterocycles. The van der Waals surface area contributed by atoms with Gasteiger partial charge in [-0.1, -0.05) is 24.3 Å². The molecule has 0 radical (unpaired) electrons. The Labute approximate surface area is 167 Å². The number of anilines is 1. The number of carbonyl (C=O) groups is 4. The van der Waals surface area contributed by atoms with Crippen molar-refractivity contribution in [1.82, 2.24) is 5.32 Å². The van der Waals surface area contributed by atoms with Gasteiger partial charge in [0.05, 0.1) is 11.3 Å². The predicted octanol–water partition coefficient (Wildman–Crippen LogP) is 3.30. The largest absolute Gasteiger partial charge is 0.426 e. The standard InChI is InChI=1S/C20H13F3N2O5/c1-11(26)30-16-8-3-2-5-12(16)9-15-17(27)24-19(29)25(18(15)28)14-7-4-6-13(10-14)20(21,22)23/h2-10H,1H3,(H,24,27,29). The molecule has 0 aromatic heterocycles. The molecule has 2 aromatic rings. The third-order valence-corrected chi connectivity index (χ3v) is 4.01. The van der Waals surface area contributed by atoms with Crippen LogP contribution in [0.2, 0.25) is 0 Å². The Balaban J connectivity index is 2.04. The molecule has 0 bridgehead atoms. The van der Waals surface area contributed by atoms with E-state index in [0.29, 0.717) is 11.0 Å². The number of hydrogen-bond donors (Lipinski definition) is 1. The molecule has 0 spiro atoms. The number of alkyl halides is 3. The number of ether oxygens (including phenoxy) is 1. The van der Waals surface area contributed by atoms with Gasteiger partial charge in [0.15, 0.2) is 0 Å². The normalized spacial score (nSPS) is 15.9. The summed E-state index contributed by atoms with van der Waals surface area (Å²) >= 11 is 0. The second-order valence-corrected chi connectivity index (χ2v) is 6.14. The van der Waals surface area contributed by atoms with E-state index >= 15 is 0 Å². The van der Waals surface area contributed by atoms with Crippen LogP contribution in [0, 0.1) is 0 Å². The second-order valence-electron chi connectivity index (χ2n) is 6.14. The van der Waals surface area contributed by atoms with Crippen molar-refractivity contribution in [3.8, 4) is 5.75 Å². The number of carbonyl (C=O) groups excluding carboxylic acids is 4. The summed E-state index contributed by atoms with van der Waals surface area (Å²) in [4.78, 5) is 48.9. The molecule has 0 aliphatic carbocycles. The molecule has 0 saturated carbocycles. The molecule has 1 fully saturated rings. The van der Waals surface area contributed by atoms with Crippen LogP contribution in [0.15, 0.2) is 54.1 Å². The molecular weight excluding hydrogens is 405 g/mol. The molecule has 1 N–H and O–H groups in total. The highest BCUT2D eigenvalue weighted by atomic mass is 19.4. The maximum absolute atomic E-state index is 13.0. The van der Waals surface area contributed by atoms with Gasteiger partial charge >= 0.3 is 18.2 Å². The predicted molar refractivity (Wildman–Crippen MR) is 98.2 cm³/mol. The maximum atomic E-state index is 13.0. The lowest BCUT2D eigenvalue weighted by Gasteiger charge is -2.27. The Morgan fingerprint density at radius 1 is 1.07 bits per heavy atom. The minimum Gasteiger partial charge on any atom is -0.426 e. The first-order valence-electron chi connectivity index (χ1n) is 8.44. The van der Waals surface area contributed by atoms with Gasteiger partial charge in [0, 0.05) is 12.5 Å². The van der Waals surface area contributed by atoms with Gasteiger partial charge in [0.25, 0.3) is 11.8 Å². The zero-order valence-corrected chi connectivity index (χ0v) is 15.3. The number of barbiturate groups is 1. The molecule has 2 aromatic carbocycles. The summed E-state index contributed by atoms with van der Waals surface area (Å²) in [6.07, 6.45) is -3.61. The summed E-state index contributed by atoms with van der Waals surface area (Å²) in [6, 6.07) is 8.38. The van der Waals surface area contributed by atoms with Crippen molar-refractivity contribution >= 4 is 35.6 Å². The van der Waals surface area contributed by atoms with Crippen LogP contribution in [0.25, 0.3) is 6.08 Å². The van der Waals surface area contributed by atoms with Gasteiger partial charge < -0.3 is 4.74 Å². The van der Waals surface area contributed by atoms with Gasteiger partial charge in [-0.2, -0.15) is 13.2 Å². The van der Waals surface area contributed by atoms with E-state index in [1.165, 1.54) is 12.1 Å². The molecule has 3 rings (SSSR count). The number of hydrogen-bond acceptors (Lipinski definition) is 5. The molecular formula is C20H13F3N2O5. The fraction of sp³-hybridized carbons (Fsp3) is 0.100. The second kappa shape index (κ2) is 7.82. The number of amides is 4. The average Bonchev–Trinajstić information content (AvgIpc) is 2.65. The third-order valence-electron chi connectivity index (χ3n) is 4.01. The molecule has 1 saturated heterocycles. The number of esters is 1. The lowest BCUT2D eigenvalue weighted by Crippen LogP contribution is -2.54. The van der Waals surface area contributed by atoms with Crippen LogP contribution in [0.4, 0.5) is 23.7 Å². The number of halogens is 3. The van der Waals surface area contributed by atoms with Crippen LogP contribution in [0.3, 0.4) is 0 Å². The van der Waals surface area contributed by atoms with Crippen LogP contribution in [-0.2, 0) is 20.6 Å². The monoisotopic (exact) mass is 418 g/mol. The quantitative estimate of drug-likeness (QED) is 0.357. The highest BCUT2D eigenvalue weighted by Gasteiger charge is 2.38. The highest BCUT2D eigenvalue weighted by Crippen LogP contribution is 2.33. The number of imide groups is 2. The number of urea groups is 1. The van der Waals surface area contributed by atoms with Gasteiger partial charge in [0.1, 0.15) is 11.3 Å². The smallest absolute Gasteiger partial charge is 0.416 e. The molecule has 0 atom stereocenters. The van der Waals surface area contributed by atoms with Gasteiger partial charge in [-0.25, -0.2) is 9.69 Å². The van der Waals surface area contributed by atoms with E-state index in [0.717, 1.165) is 31.2 Å². The van der Waals surface area contributed by atoms with E-state index in [2.05, 4.69) is 0 Å². The summed E-state index contributed by atoms with van der Waals surface area (Å²) in [6.45, 7) is 1.16.